The van der Waals surface area contributed by atoms with E-state index in [1.165, 1.54) is 173 Å². The molecule has 0 fully saturated rings. The normalized spacial score (nSPS) is 14.0. The maximum Gasteiger partial charge on any atom is 0.472 e. The van der Waals surface area contributed by atoms with Crippen LogP contribution in [0, 0.1) is 0 Å². The van der Waals surface area contributed by atoms with E-state index in [0.717, 1.165) is 109 Å². The predicted octanol–water partition coefficient (Wildman–Crippen LogP) is 19.9. The average molecular weight is 1300 g/mol. The topological polar surface area (TPSA) is 237 Å². The third kappa shape index (κ3) is 62.8. The third-order valence-electron chi connectivity index (χ3n) is 16.1. The number of unbranched alkanes of at least 4 members (excludes halogenated alkanes) is 44. The Hall–Kier alpha value is -1.94. The molecule has 0 aliphatic rings. The van der Waals surface area contributed by atoms with Crippen molar-refractivity contribution in [3.05, 3.63) is 0 Å². The lowest BCUT2D eigenvalue weighted by molar-refractivity contribution is -0.161. The minimum absolute atomic E-state index is 0.105. The zero-order valence-corrected chi connectivity index (χ0v) is 58.5. The van der Waals surface area contributed by atoms with Gasteiger partial charge in [-0.3, -0.25) is 37.3 Å². The molecule has 0 saturated heterocycles. The molecule has 0 amide bonds. The van der Waals surface area contributed by atoms with Crippen LogP contribution >= 0.6 is 15.6 Å². The highest BCUT2D eigenvalue weighted by Gasteiger charge is 2.30. The standard InChI is InChI=1S/C69H134O17P2/c1-5-9-13-17-21-24-26-27-28-29-30-31-32-33-34-35-36-38-40-44-48-52-56-69(74)86-65(60-80-67(72)54-50-46-43-39-37-25-22-18-14-10-6-2)62-84-88(77,78)82-58-63(70)57-81-87(75,76)83-61-64(59-79-66(71)53-49-45-41-20-16-12-8-4)85-68(73)55-51-47-42-23-19-15-11-7-3/h63-65,70H,5-62H2,1-4H3,(H,75,76)(H,77,78)/t63-,64+,65+/m0/s1. The fraction of sp³-hybridized carbons (Fsp3) is 0.942. The van der Waals surface area contributed by atoms with Crippen LogP contribution < -0.4 is 0 Å². The number of hydrogen-bond acceptors (Lipinski definition) is 15. The van der Waals surface area contributed by atoms with E-state index in [1.807, 2.05) is 0 Å². The summed E-state index contributed by atoms with van der Waals surface area (Å²) in [5.41, 5.74) is 0. The van der Waals surface area contributed by atoms with Gasteiger partial charge in [-0.15, -0.1) is 0 Å². The average Bonchev–Trinajstić information content (AvgIpc) is 3.71. The van der Waals surface area contributed by atoms with Crippen molar-refractivity contribution in [2.45, 2.75) is 380 Å². The molecule has 0 radical (unpaired) electrons. The highest BCUT2D eigenvalue weighted by atomic mass is 31.2. The van der Waals surface area contributed by atoms with E-state index >= 15 is 0 Å². The van der Waals surface area contributed by atoms with Crippen LogP contribution in [0.3, 0.4) is 0 Å². The molecule has 0 aromatic carbocycles. The summed E-state index contributed by atoms with van der Waals surface area (Å²) < 4.78 is 68.0. The maximum absolute atomic E-state index is 13.0. The minimum atomic E-state index is -4.95. The number of carbonyl (C=O) groups excluding carboxylic acids is 4. The number of rotatable bonds is 70. The van der Waals surface area contributed by atoms with Crippen LogP contribution in [0.4, 0.5) is 0 Å². The fourth-order valence-electron chi connectivity index (χ4n) is 10.5. The molecule has 0 aromatic rings. The van der Waals surface area contributed by atoms with Crippen molar-refractivity contribution in [1.82, 2.24) is 0 Å². The molecular weight excluding hydrogens is 1160 g/mol. The molecule has 88 heavy (non-hydrogen) atoms. The van der Waals surface area contributed by atoms with Crippen LogP contribution in [-0.2, 0) is 65.4 Å². The van der Waals surface area contributed by atoms with Crippen LogP contribution in [0.15, 0.2) is 0 Å². The number of esters is 4. The minimum Gasteiger partial charge on any atom is -0.462 e. The summed E-state index contributed by atoms with van der Waals surface area (Å²) in [6, 6.07) is 0. The Morgan fingerprint density at radius 3 is 0.670 bits per heavy atom. The SMILES string of the molecule is CCCCCCCCCCCCCCCCCCCCCCCCC(=O)O[C@H](COC(=O)CCCCCCCCCCCCC)COP(=O)(O)OC[C@@H](O)COP(=O)(O)OC[C@@H](COC(=O)CCCCCCCCC)OC(=O)CCCCCCCCCC. The Morgan fingerprint density at radius 1 is 0.273 bits per heavy atom. The molecule has 17 nitrogen and oxygen atoms in total. The number of phosphoric acid groups is 2. The van der Waals surface area contributed by atoms with E-state index in [0.29, 0.717) is 25.7 Å². The highest BCUT2D eigenvalue weighted by Crippen LogP contribution is 2.45. The first-order valence-electron chi connectivity index (χ1n) is 36.3. The Bertz CT molecular complexity index is 1690. The second-order valence-electron chi connectivity index (χ2n) is 24.9. The van der Waals surface area contributed by atoms with E-state index in [-0.39, 0.29) is 25.7 Å². The van der Waals surface area contributed by atoms with Crippen molar-refractivity contribution in [1.29, 1.82) is 0 Å². The van der Waals surface area contributed by atoms with Gasteiger partial charge in [0.05, 0.1) is 26.4 Å². The first-order chi connectivity index (χ1) is 42.7. The van der Waals surface area contributed by atoms with Crippen LogP contribution in [0.5, 0.6) is 0 Å². The molecule has 0 rings (SSSR count). The van der Waals surface area contributed by atoms with Gasteiger partial charge in [-0.25, -0.2) is 9.13 Å². The van der Waals surface area contributed by atoms with Gasteiger partial charge in [-0.05, 0) is 25.7 Å². The van der Waals surface area contributed by atoms with Crippen molar-refractivity contribution < 1.29 is 80.2 Å². The number of carbonyl (C=O) groups is 4. The molecule has 0 aliphatic heterocycles. The summed E-state index contributed by atoms with van der Waals surface area (Å²) >= 11 is 0. The molecule has 0 heterocycles. The van der Waals surface area contributed by atoms with E-state index < -0.39 is 97.5 Å². The molecule has 3 N–H and O–H groups in total. The quantitative estimate of drug-likeness (QED) is 0.0222. The zero-order chi connectivity index (χ0) is 64.7. The molecule has 0 spiro atoms. The summed E-state index contributed by atoms with van der Waals surface area (Å²) in [6.45, 7) is 4.85. The molecule has 522 valence electrons. The first kappa shape index (κ1) is 86.1. The lowest BCUT2D eigenvalue weighted by Gasteiger charge is -2.21. The molecule has 0 aromatic heterocycles. The molecule has 0 bridgehead atoms. The van der Waals surface area contributed by atoms with Gasteiger partial charge in [-0.1, -0.05) is 310 Å². The second kappa shape index (κ2) is 63.8. The van der Waals surface area contributed by atoms with Crippen molar-refractivity contribution in [3.8, 4) is 0 Å². The van der Waals surface area contributed by atoms with Crippen molar-refractivity contribution in [2.24, 2.45) is 0 Å². The van der Waals surface area contributed by atoms with E-state index in [9.17, 15) is 43.2 Å². The van der Waals surface area contributed by atoms with Crippen LogP contribution in [0.25, 0.3) is 0 Å². The van der Waals surface area contributed by atoms with Crippen molar-refractivity contribution in [3.63, 3.8) is 0 Å². The van der Waals surface area contributed by atoms with Gasteiger partial charge in [0.25, 0.3) is 0 Å². The molecule has 2 unspecified atom stereocenters. The third-order valence-corrected chi connectivity index (χ3v) is 18.0. The zero-order valence-electron chi connectivity index (χ0n) is 56.7. The monoisotopic (exact) mass is 1300 g/mol. The van der Waals surface area contributed by atoms with Crippen LogP contribution in [-0.4, -0.2) is 96.7 Å². The second-order valence-corrected chi connectivity index (χ2v) is 27.8. The lowest BCUT2D eigenvalue weighted by Crippen LogP contribution is -2.30. The van der Waals surface area contributed by atoms with Gasteiger partial charge < -0.3 is 33.8 Å². The summed E-state index contributed by atoms with van der Waals surface area (Å²) in [5, 5.41) is 10.5. The largest absolute Gasteiger partial charge is 0.472 e. The Balaban J connectivity index is 5.08. The fourth-order valence-corrected chi connectivity index (χ4v) is 12.1. The number of aliphatic hydroxyl groups is 1. The number of hydrogen-bond donors (Lipinski definition) is 3. The summed E-state index contributed by atoms with van der Waals surface area (Å²) in [7, 11) is -9.88. The molecule has 19 heteroatoms. The lowest BCUT2D eigenvalue weighted by atomic mass is 10.0. The van der Waals surface area contributed by atoms with Gasteiger partial charge in [0.1, 0.15) is 19.3 Å². The van der Waals surface area contributed by atoms with Crippen molar-refractivity contribution in [2.75, 3.05) is 39.6 Å². The van der Waals surface area contributed by atoms with Gasteiger partial charge in [0.15, 0.2) is 12.2 Å². The number of ether oxygens (including phenoxy) is 4. The van der Waals surface area contributed by atoms with Gasteiger partial charge in [0, 0.05) is 25.7 Å². The summed E-state index contributed by atoms with van der Waals surface area (Å²) in [4.78, 5) is 72.2. The van der Waals surface area contributed by atoms with Crippen LogP contribution in [0.1, 0.15) is 362 Å². The highest BCUT2D eigenvalue weighted by molar-refractivity contribution is 7.47. The number of aliphatic hydroxyl groups excluding tert-OH is 1. The smallest absolute Gasteiger partial charge is 0.462 e. The maximum atomic E-state index is 13.0. The van der Waals surface area contributed by atoms with E-state index in [1.54, 1.807) is 0 Å². The molecule has 5 atom stereocenters. The summed E-state index contributed by atoms with van der Waals surface area (Å²) in [5.74, 6) is -2.13. The molecule has 0 saturated carbocycles. The predicted molar refractivity (Wildman–Crippen MR) is 354 cm³/mol. The van der Waals surface area contributed by atoms with Gasteiger partial charge >= 0.3 is 39.5 Å². The molecule has 0 aliphatic carbocycles. The Labute approximate surface area is 537 Å². The number of phosphoric ester groups is 2. The van der Waals surface area contributed by atoms with Gasteiger partial charge in [-0.2, -0.15) is 0 Å². The Kier molecular flexibility index (Phi) is 62.4. The molecular formula is C69H134O17P2. The van der Waals surface area contributed by atoms with Gasteiger partial charge in [0.2, 0.25) is 0 Å². The van der Waals surface area contributed by atoms with Crippen LogP contribution in [0.2, 0.25) is 0 Å². The van der Waals surface area contributed by atoms with E-state index in [4.69, 9.17) is 37.0 Å². The Morgan fingerprint density at radius 2 is 0.455 bits per heavy atom. The van der Waals surface area contributed by atoms with E-state index in [2.05, 4.69) is 27.7 Å². The first-order valence-corrected chi connectivity index (χ1v) is 39.3. The van der Waals surface area contributed by atoms with Crippen molar-refractivity contribution >= 4 is 39.5 Å². The summed E-state index contributed by atoms with van der Waals surface area (Å²) in [6.07, 6.45) is 51.8.